The molecule has 18 heavy (non-hydrogen) atoms. The van der Waals surface area contributed by atoms with Crippen molar-refractivity contribution in [2.24, 2.45) is 0 Å². The average molecular weight is 311 g/mol. The molecule has 1 fully saturated rings. The number of rotatable bonds is 2. The van der Waals surface area contributed by atoms with Crippen molar-refractivity contribution in [3.05, 3.63) is 22.9 Å². The van der Waals surface area contributed by atoms with Gasteiger partial charge in [0, 0.05) is 19.3 Å². The maximum Gasteiger partial charge on any atom is 0.160 e. The Kier molecular flexibility index (Phi) is 3.26. The molecule has 2 heterocycles. The highest BCUT2D eigenvalue weighted by Gasteiger charge is 2.19. The van der Waals surface area contributed by atoms with Crippen LogP contribution in [-0.2, 0) is 4.74 Å². The molecule has 96 valence electrons. The fourth-order valence-corrected chi connectivity index (χ4v) is 2.98. The summed E-state index contributed by atoms with van der Waals surface area (Å²) in [4.78, 5) is 4.49. The summed E-state index contributed by atoms with van der Waals surface area (Å²) in [5.41, 5.74) is 2.04. The number of aromatic nitrogens is 2. The number of hydrogen-bond donors (Lipinski definition) is 0. The van der Waals surface area contributed by atoms with Gasteiger partial charge in [0.1, 0.15) is 5.52 Å². The van der Waals surface area contributed by atoms with Crippen LogP contribution in [0.15, 0.2) is 22.9 Å². The van der Waals surface area contributed by atoms with E-state index in [4.69, 9.17) is 9.47 Å². The van der Waals surface area contributed by atoms with Gasteiger partial charge in [-0.1, -0.05) is 0 Å². The third-order valence-corrected chi connectivity index (χ3v) is 4.06. The van der Waals surface area contributed by atoms with E-state index in [2.05, 4.69) is 31.5 Å². The van der Waals surface area contributed by atoms with Gasteiger partial charge in [-0.05, 0) is 40.9 Å². The maximum atomic E-state index is 5.41. The van der Waals surface area contributed by atoms with E-state index < -0.39 is 0 Å². The molecule has 0 spiro atoms. The molecule has 0 amide bonds. The van der Waals surface area contributed by atoms with Gasteiger partial charge >= 0.3 is 0 Å². The minimum absolute atomic E-state index is 0.481. The summed E-state index contributed by atoms with van der Waals surface area (Å²) in [5.74, 6) is 0.804. The lowest BCUT2D eigenvalue weighted by molar-refractivity contribution is 0.0706. The van der Waals surface area contributed by atoms with Crippen LogP contribution in [0.5, 0.6) is 5.75 Å². The van der Waals surface area contributed by atoms with Crippen molar-refractivity contribution in [2.45, 2.75) is 18.9 Å². The summed E-state index contributed by atoms with van der Waals surface area (Å²) in [6.07, 6.45) is 4.00. The molecule has 4 nitrogen and oxygen atoms in total. The number of benzene rings is 1. The summed E-state index contributed by atoms with van der Waals surface area (Å²) in [6, 6.07) is 4.58. The molecule has 1 aromatic heterocycles. The van der Waals surface area contributed by atoms with Gasteiger partial charge in [-0.15, -0.1) is 0 Å². The van der Waals surface area contributed by atoms with Crippen molar-refractivity contribution in [1.29, 1.82) is 0 Å². The summed E-state index contributed by atoms with van der Waals surface area (Å²) in [6.45, 7) is 1.66. The van der Waals surface area contributed by atoms with E-state index in [0.29, 0.717) is 6.04 Å². The molecule has 0 saturated carbocycles. The third-order valence-electron chi connectivity index (χ3n) is 3.44. The van der Waals surface area contributed by atoms with E-state index in [1.54, 1.807) is 7.11 Å². The Morgan fingerprint density at radius 1 is 1.39 bits per heavy atom. The monoisotopic (exact) mass is 310 g/mol. The van der Waals surface area contributed by atoms with Crippen LogP contribution in [0.4, 0.5) is 0 Å². The van der Waals surface area contributed by atoms with Gasteiger partial charge in [0.25, 0.3) is 0 Å². The number of hydrogen-bond acceptors (Lipinski definition) is 3. The second kappa shape index (κ2) is 4.90. The predicted octanol–water partition coefficient (Wildman–Crippen LogP) is 3.16. The summed E-state index contributed by atoms with van der Waals surface area (Å²) in [5, 5.41) is 0. The van der Waals surface area contributed by atoms with Crippen LogP contribution in [0.1, 0.15) is 18.9 Å². The van der Waals surface area contributed by atoms with Crippen molar-refractivity contribution in [2.75, 3.05) is 20.3 Å². The standard InChI is InChI=1S/C13H15BrN2O2/c1-17-13-10(14)2-3-11-12(13)15-8-16(11)9-4-6-18-7-5-9/h2-3,8-9H,4-7H2,1H3. The zero-order valence-electron chi connectivity index (χ0n) is 10.2. The molecule has 3 rings (SSSR count). The second-order valence-corrected chi connectivity index (χ2v) is 5.30. The Morgan fingerprint density at radius 3 is 2.89 bits per heavy atom. The third kappa shape index (κ3) is 1.91. The van der Waals surface area contributed by atoms with Crippen molar-refractivity contribution >= 4 is 27.0 Å². The lowest BCUT2D eigenvalue weighted by Crippen LogP contribution is -2.18. The van der Waals surface area contributed by atoms with Crippen LogP contribution in [0, 0.1) is 0 Å². The van der Waals surface area contributed by atoms with Crippen molar-refractivity contribution < 1.29 is 9.47 Å². The molecule has 1 saturated heterocycles. The molecule has 0 N–H and O–H groups in total. The number of ether oxygens (including phenoxy) is 2. The highest BCUT2D eigenvalue weighted by Crippen LogP contribution is 2.34. The molecule has 1 aromatic carbocycles. The molecule has 0 atom stereocenters. The quantitative estimate of drug-likeness (QED) is 0.855. The van der Waals surface area contributed by atoms with Crippen LogP contribution >= 0.6 is 15.9 Å². The predicted molar refractivity (Wildman–Crippen MR) is 73.1 cm³/mol. The normalized spacial score (nSPS) is 17.2. The van der Waals surface area contributed by atoms with Crippen molar-refractivity contribution in [1.82, 2.24) is 9.55 Å². The Hall–Kier alpha value is -1.07. The number of fused-ring (bicyclic) bond motifs is 1. The highest BCUT2D eigenvalue weighted by atomic mass is 79.9. The molecular formula is C13H15BrN2O2. The average Bonchev–Trinajstić information content (AvgIpc) is 2.83. The van der Waals surface area contributed by atoms with Crippen LogP contribution in [0.2, 0.25) is 0 Å². The zero-order chi connectivity index (χ0) is 12.5. The molecule has 1 aliphatic rings. The molecule has 1 aliphatic heterocycles. The fourth-order valence-electron chi connectivity index (χ4n) is 2.50. The van der Waals surface area contributed by atoms with E-state index >= 15 is 0 Å². The largest absolute Gasteiger partial charge is 0.493 e. The van der Waals surface area contributed by atoms with Crippen LogP contribution < -0.4 is 4.74 Å². The second-order valence-electron chi connectivity index (χ2n) is 4.44. The Labute approximate surface area is 114 Å². The van der Waals surface area contributed by atoms with E-state index in [1.165, 1.54) is 0 Å². The zero-order valence-corrected chi connectivity index (χ0v) is 11.8. The van der Waals surface area contributed by atoms with Crippen LogP contribution in [0.3, 0.4) is 0 Å². The Balaban J connectivity index is 2.08. The number of imidazole rings is 1. The number of nitrogens with zero attached hydrogens (tertiary/aromatic N) is 2. The molecule has 0 aliphatic carbocycles. The van der Waals surface area contributed by atoms with Gasteiger partial charge < -0.3 is 14.0 Å². The Bertz CT molecular complexity index is 561. The van der Waals surface area contributed by atoms with Gasteiger partial charge in [-0.2, -0.15) is 0 Å². The summed E-state index contributed by atoms with van der Waals surface area (Å²) < 4.78 is 14.0. The molecule has 5 heteroatoms. The SMILES string of the molecule is COc1c(Br)ccc2c1ncn2C1CCOCC1. The van der Waals surface area contributed by atoms with Gasteiger partial charge in [0.2, 0.25) is 0 Å². The topological polar surface area (TPSA) is 36.3 Å². The van der Waals surface area contributed by atoms with Crippen molar-refractivity contribution in [3.63, 3.8) is 0 Å². The van der Waals surface area contributed by atoms with Crippen molar-refractivity contribution in [3.8, 4) is 5.75 Å². The maximum absolute atomic E-state index is 5.41. The van der Waals surface area contributed by atoms with E-state index in [-0.39, 0.29) is 0 Å². The first kappa shape index (κ1) is 12.0. The van der Waals surface area contributed by atoms with E-state index in [9.17, 15) is 0 Å². The lowest BCUT2D eigenvalue weighted by atomic mass is 10.1. The number of methoxy groups -OCH3 is 1. The minimum atomic E-state index is 0.481. The first-order valence-electron chi connectivity index (χ1n) is 6.08. The van der Waals surface area contributed by atoms with Gasteiger partial charge in [0.15, 0.2) is 5.75 Å². The van der Waals surface area contributed by atoms with Gasteiger partial charge in [-0.25, -0.2) is 4.98 Å². The van der Waals surface area contributed by atoms with E-state index in [1.807, 2.05) is 12.4 Å². The van der Waals surface area contributed by atoms with E-state index in [0.717, 1.165) is 47.3 Å². The lowest BCUT2D eigenvalue weighted by Gasteiger charge is -2.24. The fraction of sp³-hybridized carbons (Fsp3) is 0.462. The van der Waals surface area contributed by atoms with Gasteiger partial charge in [0.05, 0.1) is 23.4 Å². The first-order chi connectivity index (χ1) is 8.81. The highest BCUT2D eigenvalue weighted by molar-refractivity contribution is 9.10. The minimum Gasteiger partial charge on any atom is -0.493 e. The molecule has 0 bridgehead atoms. The molecular weight excluding hydrogens is 296 g/mol. The van der Waals surface area contributed by atoms with Crippen LogP contribution in [-0.4, -0.2) is 29.9 Å². The summed E-state index contributed by atoms with van der Waals surface area (Å²) in [7, 11) is 1.67. The molecule has 2 aromatic rings. The van der Waals surface area contributed by atoms with Gasteiger partial charge in [-0.3, -0.25) is 0 Å². The first-order valence-corrected chi connectivity index (χ1v) is 6.87. The summed E-state index contributed by atoms with van der Waals surface area (Å²) >= 11 is 3.49. The Morgan fingerprint density at radius 2 is 2.17 bits per heavy atom. The molecule has 0 unspecified atom stereocenters. The van der Waals surface area contributed by atoms with Crippen LogP contribution in [0.25, 0.3) is 11.0 Å². The smallest absolute Gasteiger partial charge is 0.160 e. The molecule has 0 radical (unpaired) electrons. The number of halogens is 1.